The van der Waals surface area contributed by atoms with E-state index in [-0.39, 0.29) is 5.91 Å². The van der Waals surface area contributed by atoms with Crippen LogP contribution in [0.4, 0.5) is 5.69 Å². The van der Waals surface area contributed by atoms with E-state index in [9.17, 15) is 4.79 Å². The van der Waals surface area contributed by atoms with E-state index in [1.807, 2.05) is 66.7 Å². The van der Waals surface area contributed by atoms with Gasteiger partial charge in [0, 0.05) is 49.1 Å². The maximum atomic E-state index is 13.1. The van der Waals surface area contributed by atoms with E-state index in [1.165, 1.54) is 5.56 Å². The van der Waals surface area contributed by atoms with Crippen LogP contribution in [0.5, 0.6) is 0 Å². The normalized spacial score (nSPS) is 14.4. The van der Waals surface area contributed by atoms with Crippen molar-refractivity contribution in [2.75, 3.05) is 31.5 Å². The van der Waals surface area contributed by atoms with Gasteiger partial charge in [0.1, 0.15) is 17.0 Å². The number of piperazine rings is 1. The largest absolute Gasteiger partial charge is 0.456 e. The van der Waals surface area contributed by atoms with Crippen LogP contribution < -0.4 is 10.6 Å². The van der Waals surface area contributed by atoms with Crippen LogP contribution in [-0.2, 0) is 6.54 Å². The van der Waals surface area contributed by atoms with E-state index < -0.39 is 0 Å². The lowest BCUT2D eigenvalue weighted by Gasteiger charge is -2.27. The lowest BCUT2D eigenvalue weighted by Crippen LogP contribution is -2.42. The first-order chi connectivity index (χ1) is 17.2. The van der Waals surface area contributed by atoms with Gasteiger partial charge in [-0.05, 0) is 42.0 Å². The Balaban J connectivity index is 1.30. The Bertz CT molecular complexity index is 1520. The van der Waals surface area contributed by atoms with Crippen LogP contribution in [0.15, 0.2) is 89.3 Å². The molecule has 1 aliphatic rings. The predicted molar refractivity (Wildman–Crippen MR) is 139 cm³/mol. The van der Waals surface area contributed by atoms with Crippen LogP contribution >= 0.6 is 0 Å². The molecule has 0 atom stereocenters. The zero-order valence-corrected chi connectivity index (χ0v) is 19.3. The lowest BCUT2D eigenvalue weighted by atomic mass is 10.1. The fourth-order valence-electron chi connectivity index (χ4n) is 4.69. The third kappa shape index (κ3) is 4.41. The summed E-state index contributed by atoms with van der Waals surface area (Å²) in [6.07, 6.45) is 0. The first-order valence-corrected chi connectivity index (χ1v) is 12.0. The molecule has 0 bridgehead atoms. The zero-order chi connectivity index (χ0) is 23.6. The number of pyridine rings is 1. The van der Waals surface area contributed by atoms with Crippen LogP contribution in [0.1, 0.15) is 16.1 Å². The third-order valence-corrected chi connectivity index (χ3v) is 6.53. The van der Waals surface area contributed by atoms with E-state index in [0.717, 1.165) is 65.9 Å². The van der Waals surface area contributed by atoms with Crippen molar-refractivity contribution < 1.29 is 9.21 Å². The highest BCUT2D eigenvalue weighted by atomic mass is 16.3. The van der Waals surface area contributed by atoms with E-state index in [0.29, 0.717) is 11.4 Å². The molecule has 6 nitrogen and oxygen atoms in total. The fourth-order valence-corrected chi connectivity index (χ4v) is 4.69. The Morgan fingerprint density at radius 2 is 1.77 bits per heavy atom. The highest BCUT2D eigenvalue weighted by Gasteiger charge is 2.17. The molecule has 2 N–H and O–H groups in total. The molecule has 5 aromatic rings. The number of fused-ring (bicyclic) bond motifs is 2. The molecule has 0 saturated carbocycles. The Labute approximate surface area is 203 Å². The summed E-state index contributed by atoms with van der Waals surface area (Å²) in [5, 5.41) is 8.56. The highest BCUT2D eigenvalue weighted by Crippen LogP contribution is 2.34. The SMILES string of the molecule is O=C(Nc1ccccc1-c1cc2c(CN3CCNCC3)cccc2o1)c1ccc2ccccc2n1. The minimum absolute atomic E-state index is 0.251. The number of anilines is 1. The summed E-state index contributed by atoms with van der Waals surface area (Å²) >= 11 is 0. The minimum atomic E-state index is -0.251. The van der Waals surface area contributed by atoms with Gasteiger partial charge >= 0.3 is 0 Å². The Kier molecular flexibility index (Phi) is 5.74. The monoisotopic (exact) mass is 462 g/mol. The standard InChI is InChI=1S/C29H26N4O2/c34-29(26-13-12-20-6-1-3-9-24(20)31-26)32-25-10-4-2-8-22(25)28-18-23-21(7-5-11-27(23)35-28)19-33-16-14-30-15-17-33/h1-13,18,30H,14-17,19H2,(H,32,34). The summed E-state index contributed by atoms with van der Waals surface area (Å²) in [4.78, 5) is 20.1. The summed E-state index contributed by atoms with van der Waals surface area (Å²) in [7, 11) is 0. The number of nitrogens with zero attached hydrogens (tertiary/aromatic N) is 2. The van der Waals surface area contributed by atoms with Gasteiger partial charge in [0.2, 0.25) is 0 Å². The smallest absolute Gasteiger partial charge is 0.274 e. The average molecular weight is 463 g/mol. The molecule has 35 heavy (non-hydrogen) atoms. The van der Waals surface area contributed by atoms with Crippen molar-refractivity contribution in [3.05, 3.63) is 96.2 Å². The number of rotatable bonds is 5. The first kappa shape index (κ1) is 21.5. The van der Waals surface area contributed by atoms with Crippen molar-refractivity contribution >= 4 is 33.5 Å². The summed E-state index contributed by atoms with van der Waals surface area (Å²) in [6.45, 7) is 5.01. The van der Waals surface area contributed by atoms with Crippen LogP contribution in [0, 0.1) is 0 Å². The molecule has 0 aliphatic carbocycles. The minimum Gasteiger partial charge on any atom is -0.456 e. The Hall–Kier alpha value is -4.00. The molecular weight excluding hydrogens is 436 g/mol. The second-order valence-corrected chi connectivity index (χ2v) is 8.85. The van der Waals surface area contributed by atoms with Crippen molar-refractivity contribution in [2.45, 2.75) is 6.54 Å². The number of para-hydroxylation sites is 2. The molecule has 1 aliphatic heterocycles. The lowest BCUT2D eigenvalue weighted by molar-refractivity contribution is 0.102. The molecule has 1 amide bonds. The Morgan fingerprint density at radius 3 is 2.69 bits per heavy atom. The maximum Gasteiger partial charge on any atom is 0.274 e. The molecule has 6 heteroatoms. The number of benzene rings is 3. The third-order valence-electron chi connectivity index (χ3n) is 6.53. The van der Waals surface area contributed by atoms with E-state index in [1.54, 1.807) is 6.07 Å². The number of hydrogen-bond donors (Lipinski definition) is 2. The highest BCUT2D eigenvalue weighted by molar-refractivity contribution is 6.06. The zero-order valence-electron chi connectivity index (χ0n) is 19.3. The maximum absolute atomic E-state index is 13.1. The number of amides is 1. The number of aromatic nitrogens is 1. The molecule has 0 radical (unpaired) electrons. The number of carbonyl (C=O) groups is 1. The van der Waals surface area contributed by atoms with E-state index in [2.05, 4.69) is 32.7 Å². The van der Waals surface area contributed by atoms with E-state index in [4.69, 9.17) is 4.42 Å². The van der Waals surface area contributed by atoms with Crippen molar-refractivity contribution in [1.29, 1.82) is 0 Å². The quantitative estimate of drug-likeness (QED) is 0.371. The molecule has 3 aromatic carbocycles. The van der Waals surface area contributed by atoms with Crippen molar-refractivity contribution in [3.8, 4) is 11.3 Å². The van der Waals surface area contributed by atoms with Crippen molar-refractivity contribution in [1.82, 2.24) is 15.2 Å². The van der Waals surface area contributed by atoms with Crippen molar-refractivity contribution in [2.24, 2.45) is 0 Å². The fraction of sp³-hybridized carbons (Fsp3) is 0.172. The van der Waals surface area contributed by atoms with Crippen LogP contribution in [-0.4, -0.2) is 42.0 Å². The molecular formula is C29H26N4O2. The van der Waals surface area contributed by atoms with Gasteiger partial charge in [-0.1, -0.05) is 48.5 Å². The average Bonchev–Trinajstić information content (AvgIpc) is 3.35. The van der Waals surface area contributed by atoms with Gasteiger partial charge in [0.15, 0.2) is 0 Å². The summed E-state index contributed by atoms with van der Waals surface area (Å²) in [6, 6.07) is 27.5. The molecule has 3 heterocycles. The summed E-state index contributed by atoms with van der Waals surface area (Å²) in [5.74, 6) is 0.480. The number of carbonyl (C=O) groups excluding carboxylic acids is 1. The van der Waals surface area contributed by atoms with Crippen molar-refractivity contribution in [3.63, 3.8) is 0 Å². The van der Waals surface area contributed by atoms with Gasteiger partial charge in [0.25, 0.3) is 5.91 Å². The predicted octanol–water partition coefficient (Wildman–Crippen LogP) is 5.31. The molecule has 2 aromatic heterocycles. The molecule has 174 valence electrons. The van der Waals surface area contributed by atoms with Gasteiger partial charge in [0.05, 0.1) is 11.2 Å². The molecule has 6 rings (SSSR count). The molecule has 0 spiro atoms. The second kappa shape index (κ2) is 9.33. The van der Waals surface area contributed by atoms with Crippen LogP contribution in [0.3, 0.4) is 0 Å². The molecule has 0 unspecified atom stereocenters. The van der Waals surface area contributed by atoms with Crippen LogP contribution in [0.25, 0.3) is 33.2 Å². The summed E-state index contributed by atoms with van der Waals surface area (Å²) < 4.78 is 6.27. The topological polar surface area (TPSA) is 70.4 Å². The van der Waals surface area contributed by atoms with E-state index >= 15 is 0 Å². The first-order valence-electron chi connectivity index (χ1n) is 12.0. The summed E-state index contributed by atoms with van der Waals surface area (Å²) in [5.41, 5.74) is 4.80. The second-order valence-electron chi connectivity index (χ2n) is 8.85. The number of hydrogen-bond acceptors (Lipinski definition) is 5. The van der Waals surface area contributed by atoms with Gasteiger partial charge in [-0.3, -0.25) is 9.69 Å². The van der Waals surface area contributed by atoms with Gasteiger partial charge < -0.3 is 15.1 Å². The number of nitrogens with one attached hydrogen (secondary N) is 2. The molecule has 1 saturated heterocycles. The Morgan fingerprint density at radius 1 is 0.943 bits per heavy atom. The van der Waals surface area contributed by atoms with Gasteiger partial charge in [-0.15, -0.1) is 0 Å². The number of furan rings is 1. The molecule has 1 fully saturated rings. The van der Waals surface area contributed by atoms with Gasteiger partial charge in [-0.2, -0.15) is 0 Å². The van der Waals surface area contributed by atoms with Crippen LogP contribution in [0.2, 0.25) is 0 Å². The van der Waals surface area contributed by atoms with Gasteiger partial charge in [-0.25, -0.2) is 4.98 Å².